The molecule has 3 aromatic rings. The lowest BCUT2D eigenvalue weighted by atomic mass is 10.0. The summed E-state index contributed by atoms with van der Waals surface area (Å²) in [7, 11) is 3.90. The Balaban J connectivity index is 1.50. The van der Waals surface area contributed by atoms with Gasteiger partial charge in [0.25, 0.3) is 0 Å². The van der Waals surface area contributed by atoms with Gasteiger partial charge in [0, 0.05) is 32.9 Å². The summed E-state index contributed by atoms with van der Waals surface area (Å²) < 4.78 is 125. The van der Waals surface area contributed by atoms with Crippen molar-refractivity contribution in [3.05, 3.63) is 53.0 Å². The lowest BCUT2D eigenvalue weighted by molar-refractivity contribution is -0.457. The van der Waals surface area contributed by atoms with Crippen LogP contribution in [-0.4, -0.2) is 69.5 Å². The van der Waals surface area contributed by atoms with E-state index in [0.717, 1.165) is 26.5 Å². The van der Waals surface area contributed by atoms with Gasteiger partial charge in [-0.15, -0.1) is 11.3 Å². The predicted molar refractivity (Wildman–Crippen MR) is 135 cm³/mol. The highest BCUT2D eigenvalue weighted by atomic mass is 32.1. The van der Waals surface area contributed by atoms with Crippen LogP contribution in [0.4, 0.5) is 45.2 Å². The average molecular weight is 602 g/mol. The van der Waals surface area contributed by atoms with E-state index in [4.69, 9.17) is 4.74 Å². The fourth-order valence-corrected chi connectivity index (χ4v) is 4.40. The molecule has 5 nitrogen and oxygen atoms in total. The number of anilines is 1. The lowest BCUT2D eigenvalue weighted by Crippen LogP contribution is -2.68. The molecule has 1 heterocycles. The van der Waals surface area contributed by atoms with Crippen LogP contribution < -0.4 is 15.0 Å². The molecule has 0 amide bonds. The molecular weight excluding hydrogens is 577 g/mol. The number of ether oxygens (including phenoxy) is 2. The van der Waals surface area contributed by atoms with Crippen molar-refractivity contribution in [3.63, 3.8) is 0 Å². The van der Waals surface area contributed by atoms with E-state index >= 15 is 0 Å². The third-order valence-electron chi connectivity index (χ3n) is 5.55. The molecule has 0 unspecified atom stereocenters. The monoisotopic (exact) mass is 601 g/mol. The number of halogens is 9. The minimum Gasteiger partial charge on any atom is -0.492 e. The van der Waals surface area contributed by atoms with E-state index in [2.05, 4.69) is 15.0 Å². The second kappa shape index (κ2) is 12.2. The summed E-state index contributed by atoms with van der Waals surface area (Å²) in [5.74, 6) is 0.425. The molecular formula is C25H24F9N3O2S. The zero-order valence-corrected chi connectivity index (χ0v) is 21.9. The summed E-state index contributed by atoms with van der Waals surface area (Å²) in [5, 5.41) is 3.14. The van der Waals surface area contributed by atoms with Crippen LogP contribution in [-0.2, 0) is 4.74 Å². The van der Waals surface area contributed by atoms with Gasteiger partial charge >= 0.3 is 24.1 Å². The third kappa shape index (κ3) is 7.18. The normalized spacial score (nSPS) is 13.4. The first-order valence-electron chi connectivity index (χ1n) is 11.6. The molecule has 2 aromatic carbocycles. The van der Waals surface area contributed by atoms with Gasteiger partial charge in [-0.1, -0.05) is 18.2 Å². The van der Waals surface area contributed by atoms with Crippen molar-refractivity contribution in [2.75, 3.05) is 45.3 Å². The minimum absolute atomic E-state index is 0.0665. The number of benzene rings is 2. The van der Waals surface area contributed by atoms with Gasteiger partial charge in [-0.3, -0.25) is 0 Å². The Hall–Kier alpha value is -3.04. The van der Waals surface area contributed by atoms with Gasteiger partial charge in [0.15, 0.2) is 0 Å². The Bertz CT molecular complexity index is 1250. The number of hydrogen-bond donors (Lipinski definition) is 1. The highest BCUT2D eigenvalue weighted by molar-refractivity contribution is 7.19. The standard InChI is InChI=1S/C25H24F9N3O2S/c1-37(2)17-6-3-16(4-7-17)5-10-21-36-19-9-8-18(15-20(19)40-21)38-13-11-35-12-14-39-22(23(26,27)28,24(29,30)31)25(32,33)34/h3-10,15,35H,11-14H2,1-2H3/b10-5+. The summed E-state index contributed by atoms with van der Waals surface area (Å²) in [6.07, 6.45) is -16.5. The van der Waals surface area contributed by atoms with Crippen molar-refractivity contribution in [3.8, 4) is 5.75 Å². The van der Waals surface area contributed by atoms with Crippen molar-refractivity contribution in [1.82, 2.24) is 10.3 Å². The van der Waals surface area contributed by atoms with Gasteiger partial charge in [0.1, 0.15) is 17.4 Å². The zero-order valence-electron chi connectivity index (χ0n) is 21.0. The van der Waals surface area contributed by atoms with E-state index in [1.54, 1.807) is 18.2 Å². The minimum atomic E-state index is -6.75. The molecule has 0 saturated carbocycles. The first-order valence-corrected chi connectivity index (χ1v) is 12.4. The van der Waals surface area contributed by atoms with Crippen LogP contribution in [0.3, 0.4) is 0 Å². The summed E-state index contributed by atoms with van der Waals surface area (Å²) in [5.41, 5.74) is -3.50. The molecule has 1 aromatic heterocycles. The number of hydrogen-bond acceptors (Lipinski definition) is 6. The summed E-state index contributed by atoms with van der Waals surface area (Å²) in [6.45, 7) is -2.36. The van der Waals surface area contributed by atoms with Gasteiger partial charge in [-0.05, 0) is 42.0 Å². The van der Waals surface area contributed by atoms with E-state index in [9.17, 15) is 39.5 Å². The molecule has 0 atom stereocenters. The number of fused-ring (bicyclic) bond motifs is 1. The third-order valence-corrected chi connectivity index (χ3v) is 6.53. The fraction of sp³-hybridized carbons (Fsp3) is 0.400. The highest BCUT2D eigenvalue weighted by Gasteiger charge is 2.85. The molecule has 3 rings (SSSR count). The number of aromatic nitrogens is 1. The maximum Gasteiger partial charge on any atom is 0.435 e. The predicted octanol–water partition coefficient (Wildman–Crippen LogP) is 6.94. The highest BCUT2D eigenvalue weighted by Crippen LogP contribution is 2.54. The van der Waals surface area contributed by atoms with Gasteiger partial charge in [-0.25, -0.2) is 4.98 Å². The molecule has 40 heavy (non-hydrogen) atoms. The molecule has 0 saturated heterocycles. The van der Waals surface area contributed by atoms with Crippen molar-refractivity contribution in [2.24, 2.45) is 0 Å². The number of nitrogens with zero attached hydrogens (tertiary/aromatic N) is 2. The molecule has 0 aliphatic rings. The molecule has 0 fully saturated rings. The smallest absolute Gasteiger partial charge is 0.435 e. The van der Waals surface area contributed by atoms with Crippen LogP contribution in [0.5, 0.6) is 5.75 Å². The van der Waals surface area contributed by atoms with Gasteiger partial charge in [0.05, 0.1) is 16.8 Å². The Kier molecular flexibility index (Phi) is 9.62. The molecule has 0 aliphatic heterocycles. The Labute approximate surface area is 227 Å². The van der Waals surface area contributed by atoms with Gasteiger partial charge in [-0.2, -0.15) is 39.5 Å². The van der Waals surface area contributed by atoms with Crippen LogP contribution in [0.25, 0.3) is 22.4 Å². The van der Waals surface area contributed by atoms with Crippen LogP contribution >= 0.6 is 11.3 Å². The van der Waals surface area contributed by atoms with Crippen LogP contribution in [0.2, 0.25) is 0 Å². The molecule has 0 radical (unpaired) electrons. The lowest BCUT2D eigenvalue weighted by Gasteiger charge is -2.38. The van der Waals surface area contributed by atoms with Crippen LogP contribution in [0.15, 0.2) is 42.5 Å². The van der Waals surface area contributed by atoms with E-state index in [1.165, 1.54) is 11.3 Å². The first kappa shape index (κ1) is 31.5. The van der Waals surface area contributed by atoms with Crippen molar-refractivity contribution in [1.29, 1.82) is 0 Å². The number of nitrogens with one attached hydrogen (secondary N) is 1. The van der Waals surface area contributed by atoms with Crippen molar-refractivity contribution < 1.29 is 49.0 Å². The average Bonchev–Trinajstić information content (AvgIpc) is 3.24. The van der Waals surface area contributed by atoms with Crippen molar-refractivity contribution >= 4 is 39.4 Å². The van der Waals surface area contributed by atoms with E-state index in [-0.39, 0.29) is 13.2 Å². The number of alkyl halides is 9. The molecule has 0 spiro atoms. The molecule has 15 heteroatoms. The molecule has 0 aliphatic carbocycles. The topological polar surface area (TPSA) is 46.6 Å². The second-order valence-corrected chi connectivity index (χ2v) is 9.68. The maximum absolute atomic E-state index is 12.8. The summed E-state index contributed by atoms with van der Waals surface area (Å²) in [6, 6.07) is 13.0. The van der Waals surface area contributed by atoms with E-state index in [0.29, 0.717) is 5.75 Å². The van der Waals surface area contributed by atoms with Crippen LogP contribution in [0.1, 0.15) is 10.6 Å². The van der Waals surface area contributed by atoms with Gasteiger partial charge < -0.3 is 19.7 Å². The van der Waals surface area contributed by atoms with Crippen molar-refractivity contribution in [2.45, 2.75) is 24.1 Å². The number of thiazole rings is 1. The SMILES string of the molecule is CN(C)c1ccc(/C=C/c2nc3ccc(OCCNCCOC(C(F)(F)F)(C(F)(F)F)C(F)(F)F)cc3s2)cc1. The van der Waals surface area contributed by atoms with Gasteiger partial charge in [0.2, 0.25) is 0 Å². The maximum atomic E-state index is 12.8. The fourth-order valence-electron chi connectivity index (χ4n) is 3.50. The first-order chi connectivity index (χ1) is 18.5. The number of rotatable bonds is 11. The van der Waals surface area contributed by atoms with E-state index in [1.807, 2.05) is 55.4 Å². The quantitative estimate of drug-likeness (QED) is 0.191. The largest absolute Gasteiger partial charge is 0.492 e. The Morgan fingerprint density at radius 2 is 1.43 bits per heavy atom. The summed E-state index contributed by atoms with van der Waals surface area (Å²) >= 11 is 1.40. The molecule has 220 valence electrons. The molecule has 0 bridgehead atoms. The van der Waals surface area contributed by atoms with E-state index < -0.39 is 37.3 Å². The summed E-state index contributed by atoms with van der Waals surface area (Å²) in [4.78, 5) is 6.51. The Morgan fingerprint density at radius 1 is 0.825 bits per heavy atom. The second-order valence-electron chi connectivity index (χ2n) is 8.62. The molecule has 1 N–H and O–H groups in total. The zero-order chi connectivity index (χ0) is 29.8. The van der Waals surface area contributed by atoms with Crippen LogP contribution in [0, 0.1) is 0 Å². The Morgan fingerprint density at radius 3 is 2.00 bits per heavy atom.